The molecule has 4 rings (SSSR count). The van der Waals surface area contributed by atoms with Crippen LogP contribution in [0.4, 0.5) is 4.39 Å². The number of nitrogens with one attached hydrogen (secondary N) is 1. The molecule has 31 heavy (non-hydrogen) atoms. The third-order valence-electron chi connectivity index (χ3n) is 4.64. The minimum atomic E-state index is -0.335. The van der Waals surface area contributed by atoms with Crippen LogP contribution < -0.4 is 10.2 Å². The van der Waals surface area contributed by atoms with Crippen molar-refractivity contribution in [3.63, 3.8) is 0 Å². The van der Waals surface area contributed by atoms with Gasteiger partial charge in [-0.15, -0.1) is 0 Å². The maximum Gasteiger partial charge on any atom is 0.277 e. The highest BCUT2D eigenvalue weighted by molar-refractivity contribution is 14.1. The fourth-order valence-electron chi connectivity index (χ4n) is 3.18. The topological polar surface area (TPSA) is 55.6 Å². The van der Waals surface area contributed by atoms with Crippen molar-refractivity contribution in [1.82, 2.24) is 9.99 Å². The summed E-state index contributed by atoms with van der Waals surface area (Å²) < 4.78 is 21.9. The lowest BCUT2D eigenvalue weighted by atomic mass is 10.1. The molecule has 156 valence electrons. The first-order chi connectivity index (χ1) is 15.1. The number of rotatable bonds is 7. The lowest BCUT2D eigenvalue weighted by Crippen LogP contribution is -2.24. The van der Waals surface area contributed by atoms with Crippen LogP contribution in [-0.2, 0) is 11.3 Å². The molecule has 0 saturated heterocycles. The molecule has 0 aliphatic rings. The molecule has 7 heteroatoms. The first-order valence-electron chi connectivity index (χ1n) is 9.61. The fourth-order valence-corrected chi connectivity index (χ4v) is 3.73. The number of benzene rings is 3. The number of carbonyl (C=O) groups is 1. The van der Waals surface area contributed by atoms with Gasteiger partial charge in [-0.25, -0.2) is 9.82 Å². The molecule has 1 aromatic heterocycles. The van der Waals surface area contributed by atoms with Crippen LogP contribution in [-0.4, -0.2) is 23.3 Å². The number of amides is 1. The van der Waals surface area contributed by atoms with Gasteiger partial charge >= 0.3 is 0 Å². The van der Waals surface area contributed by atoms with Gasteiger partial charge in [-0.1, -0.05) is 30.3 Å². The largest absolute Gasteiger partial charge is 0.483 e. The summed E-state index contributed by atoms with van der Waals surface area (Å²) in [7, 11) is 0. The first kappa shape index (κ1) is 21.0. The molecule has 4 aromatic rings. The second-order valence-electron chi connectivity index (χ2n) is 6.90. The van der Waals surface area contributed by atoms with Gasteiger partial charge < -0.3 is 9.30 Å². The summed E-state index contributed by atoms with van der Waals surface area (Å²) in [6.45, 7) is 0.477. The second kappa shape index (κ2) is 9.74. The molecule has 0 unspecified atom stereocenters. The number of halogens is 2. The summed E-state index contributed by atoms with van der Waals surface area (Å²) in [5.41, 5.74) is 5.27. The minimum absolute atomic E-state index is 0.112. The molecule has 0 aliphatic heterocycles. The zero-order valence-electron chi connectivity index (χ0n) is 16.5. The van der Waals surface area contributed by atoms with Crippen LogP contribution >= 0.6 is 22.6 Å². The Bertz CT molecular complexity index is 1250. The van der Waals surface area contributed by atoms with E-state index >= 15 is 0 Å². The van der Waals surface area contributed by atoms with Crippen molar-refractivity contribution in [3.05, 3.63) is 99.5 Å². The summed E-state index contributed by atoms with van der Waals surface area (Å²) >= 11 is 2.15. The molecular weight excluding hydrogens is 508 g/mol. The normalized spacial score (nSPS) is 11.2. The van der Waals surface area contributed by atoms with E-state index in [2.05, 4.69) is 37.7 Å². The molecule has 0 bridgehead atoms. The van der Waals surface area contributed by atoms with Crippen molar-refractivity contribution >= 4 is 45.6 Å². The molecule has 1 heterocycles. The van der Waals surface area contributed by atoms with Gasteiger partial charge in [0.1, 0.15) is 11.6 Å². The van der Waals surface area contributed by atoms with Crippen LogP contribution in [0.25, 0.3) is 10.9 Å². The number of ether oxygens (including phenoxy) is 1. The van der Waals surface area contributed by atoms with Crippen molar-refractivity contribution < 1.29 is 13.9 Å². The molecule has 0 aliphatic carbocycles. The van der Waals surface area contributed by atoms with E-state index in [-0.39, 0.29) is 18.3 Å². The highest BCUT2D eigenvalue weighted by Gasteiger charge is 2.05. The van der Waals surface area contributed by atoms with E-state index in [4.69, 9.17) is 4.74 Å². The van der Waals surface area contributed by atoms with Gasteiger partial charge in [0.25, 0.3) is 5.91 Å². The number of nitrogens with zero attached hydrogens (tertiary/aromatic N) is 2. The molecule has 5 nitrogen and oxygen atoms in total. The first-order valence-corrected chi connectivity index (χ1v) is 10.7. The van der Waals surface area contributed by atoms with Crippen LogP contribution in [0.1, 0.15) is 11.1 Å². The van der Waals surface area contributed by atoms with Crippen molar-refractivity contribution in [1.29, 1.82) is 0 Å². The van der Waals surface area contributed by atoms with Gasteiger partial charge in [0.2, 0.25) is 0 Å². The third kappa shape index (κ3) is 5.49. The lowest BCUT2D eigenvalue weighted by Gasteiger charge is -2.07. The number of carbonyl (C=O) groups excluding carboxylic acids is 1. The Hall–Kier alpha value is -3.20. The van der Waals surface area contributed by atoms with Gasteiger partial charge in [-0.05, 0) is 76.2 Å². The van der Waals surface area contributed by atoms with Gasteiger partial charge in [-0.2, -0.15) is 5.10 Å². The lowest BCUT2D eigenvalue weighted by molar-refractivity contribution is -0.123. The van der Waals surface area contributed by atoms with Gasteiger partial charge in [0.05, 0.1) is 9.78 Å². The summed E-state index contributed by atoms with van der Waals surface area (Å²) in [6.07, 6.45) is 3.56. The monoisotopic (exact) mass is 527 g/mol. The van der Waals surface area contributed by atoms with Crippen LogP contribution in [0, 0.1) is 9.39 Å². The molecule has 0 fully saturated rings. The smallest absolute Gasteiger partial charge is 0.277 e. The molecule has 3 aromatic carbocycles. The second-order valence-corrected chi connectivity index (χ2v) is 8.07. The highest BCUT2D eigenvalue weighted by atomic mass is 127. The van der Waals surface area contributed by atoms with Gasteiger partial charge in [-0.3, -0.25) is 4.79 Å². The summed E-state index contributed by atoms with van der Waals surface area (Å²) in [4.78, 5) is 11.9. The molecule has 0 spiro atoms. The standard InChI is InChI=1S/C24H19FIN3O2/c25-20-5-3-4-18(13-20)15-29-11-10-19-12-17(8-9-22(19)29)14-27-28-24(30)16-31-23-7-2-1-6-21(23)26/h1-14H,15-16H2,(H,28,30)/b27-14-. The maximum absolute atomic E-state index is 13.4. The van der Waals surface area contributed by atoms with E-state index in [0.29, 0.717) is 12.3 Å². The third-order valence-corrected chi connectivity index (χ3v) is 5.53. The van der Waals surface area contributed by atoms with E-state index in [0.717, 1.165) is 25.6 Å². The Balaban J connectivity index is 1.36. The zero-order valence-corrected chi connectivity index (χ0v) is 18.6. The van der Waals surface area contributed by atoms with Crippen LogP contribution in [0.15, 0.2) is 84.1 Å². The van der Waals surface area contributed by atoms with E-state index in [1.54, 1.807) is 12.3 Å². The minimum Gasteiger partial charge on any atom is -0.483 e. The molecule has 1 amide bonds. The van der Waals surface area contributed by atoms with Crippen molar-refractivity contribution in [2.24, 2.45) is 5.10 Å². The predicted molar refractivity (Wildman–Crippen MR) is 128 cm³/mol. The summed E-state index contributed by atoms with van der Waals surface area (Å²) in [5, 5.41) is 5.05. The summed E-state index contributed by atoms with van der Waals surface area (Å²) in [5.74, 6) is 0.0899. The summed E-state index contributed by atoms with van der Waals surface area (Å²) in [6, 6.07) is 22.0. The van der Waals surface area contributed by atoms with Crippen molar-refractivity contribution in [3.8, 4) is 5.75 Å². The number of hydrogen-bond acceptors (Lipinski definition) is 3. The Labute approximate surface area is 192 Å². The molecule has 0 saturated carbocycles. The van der Waals surface area contributed by atoms with E-state index in [9.17, 15) is 9.18 Å². The number of hydrazone groups is 1. The molecule has 0 radical (unpaired) electrons. The predicted octanol–water partition coefficient (Wildman–Crippen LogP) is 4.96. The van der Waals surface area contributed by atoms with Gasteiger partial charge in [0.15, 0.2) is 6.61 Å². The molecule has 0 atom stereocenters. The average Bonchev–Trinajstić information content (AvgIpc) is 3.15. The zero-order chi connectivity index (χ0) is 21.6. The van der Waals surface area contributed by atoms with Crippen LogP contribution in [0.5, 0.6) is 5.75 Å². The van der Waals surface area contributed by atoms with Crippen molar-refractivity contribution in [2.75, 3.05) is 6.61 Å². The fraction of sp³-hybridized carbons (Fsp3) is 0.0833. The van der Waals surface area contributed by atoms with Crippen molar-refractivity contribution in [2.45, 2.75) is 6.54 Å². The SMILES string of the molecule is O=C(COc1ccccc1I)N/N=C\c1ccc2c(ccn2Cc2cccc(F)c2)c1. The Morgan fingerprint density at radius 2 is 1.97 bits per heavy atom. The Morgan fingerprint density at radius 3 is 2.81 bits per heavy atom. The molecule has 1 N–H and O–H groups in total. The van der Waals surface area contributed by atoms with Gasteiger partial charge in [0, 0.05) is 23.6 Å². The Morgan fingerprint density at radius 1 is 1.10 bits per heavy atom. The quantitative estimate of drug-likeness (QED) is 0.210. The molecular formula is C24H19FIN3O2. The van der Waals surface area contributed by atoms with E-state index in [1.165, 1.54) is 12.1 Å². The Kier molecular flexibility index (Phi) is 6.61. The number of fused-ring (bicyclic) bond motifs is 1. The number of para-hydroxylation sites is 1. The highest BCUT2D eigenvalue weighted by Crippen LogP contribution is 2.20. The van der Waals surface area contributed by atoms with E-state index in [1.807, 2.05) is 60.8 Å². The van der Waals surface area contributed by atoms with Crippen LogP contribution in [0.2, 0.25) is 0 Å². The number of hydrogen-bond donors (Lipinski definition) is 1. The number of aromatic nitrogens is 1. The van der Waals surface area contributed by atoms with Crippen LogP contribution in [0.3, 0.4) is 0 Å². The maximum atomic E-state index is 13.4. The van der Waals surface area contributed by atoms with E-state index < -0.39 is 0 Å². The average molecular weight is 527 g/mol.